The molecular formula is C12H16ClNO. The van der Waals surface area contributed by atoms with E-state index in [0.29, 0.717) is 0 Å². The molecule has 3 heteroatoms. The molecule has 0 saturated carbocycles. The van der Waals surface area contributed by atoms with Gasteiger partial charge in [0.1, 0.15) is 0 Å². The number of nitrogens with zero attached hydrogens (tertiary/aromatic N) is 1. The van der Waals surface area contributed by atoms with E-state index >= 15 is 0 Å². The molecule has 1 fully saturated rings. The third kappa shape index (κ3) is 2.71. The number of hydrogen-bond acceptors (Lipinski definition) is 2. The summed E-state index contributed by atoms with van der Waals surface area (Å²) in [6.07, 6.45) is 0.205. The highest BCUT2D eigenvalue weighted by Gasteiger charge is 2.20. The second kappa shape index (κ2) is 4.97. The van der Waals surface area contributed by atoms with Gasteiger partial charge in [-0.1, -0.05) is 30.7 Å². The Bertz CT molecular complexity index is 312. The van der Waals surface area contributed by atoms with Crippen LogP contribution in [0.2, 0.25) is 5.02 Å². The van der Waals surface area contributed by atoms with Crippen LogP contribution in [0.25, 0.3) is 0 Å². The van der Waals surface area contributed by atoms with Crippen molar-refractivity contribution in [2.45, 2.75) is 13.0 Å². The van der Waals surface area contributed by atoms with Gasteiger partial charge in [-0.3, -0.25) is 4.90 Å². The minimum atomic E-state index is 0.205. The van der Waals surface area contributed by atoms with Crippen molar-refractivity contribution < 1.29 is 4.74 Å². The van der Waals surface area contributed by atoms with Gasteiger partial charge in [0.25, 0.3) is 0 Å². The SMILES string of the molecule is CCN1CCO[C@H](c2ccc(Cl)cc2)C1. The molecule has 0 radical (unpaired) electrons. The van der Waals surface area contributed by atoms with Gasteiger partial charge in [0.15, 0.2) is 0 Å². The first-order valence-electron chi connectivity index (χ1n) is 5.39. The standard InChI is InChI=1S/C12H16ClNO/c1-2-14-7-8-15-12(9-14)10-3-5-11(13)6-4-10/h3-6,12H,2,7-9H2,1H3/t12-/m0/s1. The summed E-state index contributed by atoms with van der Waals surface area (Å²) in [6.45, 7) is 6.12. The molecule has 2 rings (SSSR count). The number of likely N-dealkylation sites (N-methyl/N-ethyl adjacent to an activating group) is 1. The molecule has 0 bridgehead atoms. The van der Waals surface area contributed by atoms with Crippen molar-refractivity contribution in [3.05, 3.63) is 34.9 Å². The maximum atomic E-state index is 5.86. The van der Waals surface area contributed by atoms with E-state index in [0.717, 1.165) is 31.3 Å². The normalized spacial score (nSPS) is 22.9. The minimum Gasteiger partial charge on any atom is -0.371 e. The van der Waals surface area contributed by atoms with Crippen LogP contribution in [0.15, 0.2) is 24.3 Å². The molecule has 0 aliphatic carbocycles. The molecule has 0 amide bonds. The van der Waals surface area contributed by atoms with Crippen molar-refractivity contribution in [2.24, 2.45) is 0 Å². The quantitative estimate of drug-likeness (QED) is 0.768. The van der Waals surface area contributed by atoms with E-state index in [4.69, 9.17) is 16.3 Å². The van der Waals surface area contributed by atoms with E-state index < -0.39 is 0 Å². The second-order valence-electron chi connectivity index (χ2n) is 3.80. The third-order valence-electron chi connectivity index (χ3n) is 2.84. The largest absolute Gasteiger partial charge is 0.371 e. The molecule has 1 aliphatic heterocycles. The van der Waals surface area contributed by atoms with Gasteiger partial charge >= 0.3 is 0 Å². The summed E-state index contributed by atoms with van der Waals surface area (Å²) in [5.41, 5.74) is 1.22. The number of rotatable bonds is 2. The van der Waals surface area contributed by atoms with Crippen LogP contribution in [-0.4, -0.2) is 31.1 Å². The van der Waals surface area contributed by atoms with E-state index in [1.807, 2.05) is 24.3 Å². The topological polar surface area (TPSA) is 12.5 Å². The van der Waals surface area contributed by atoms with E-state index in [1.165, 1.54) is 5.56 Å². The Balaban J connectivity index is 2.06. The van der Waals surface area contributed by atoms with Gasteiger partial charge in [-0.15, -0.1) is 0 Å². The molecule has 0 aromatic heterocycles. The average Bonchev–Trinajstić information content (AvgIpc) is 2.30. The van der Waals surface area contributed by atoms with Gasteiger partial charge in [-0.2, -0.15) is 0 Å². The van der Waals surface area contributed by atoms with E-state index in [1.54, 1.807) is 0 Å². The van der Waals surface area contributed by atoms with E-state index in [9.17, 15) is 0 Å². The molecule has 1 atom stereocenters. The van der Waals surface area contributed by atoms with Crippen LogP contribution in [0.4, 0.5) is 0 Å². The molecule has 0 spiro atoms. The lowest BCUT2D eigenvalue weighted by Gasteiger charge is -2.32. The lowest BCUT2D eigenvalue weighted by Crippen LogP contribution is -2.37. The van der Waals surface area contributed by atoms with Crippen molar-refractivity contribution in [1.82, 2.24) is 4.90 Å². The van der Waals surface area contributed by atoms with Gasteiger partial charge in [-0.25, -0.2) is 0 Å². The highest BCUT2D eigenvalue weighted by molar-refractivity contribution is 6.30. The smallest absolute Gasteiger partial charge is 0.0952 e. The molecule has 15 heavy (non-hydrogen) atoms. The highest BCUT2D eigenvalue weighted by atomic mass is 35.5. The zero-order chi connectivity index (χ0) is 10.7. The summed E-state index contributed by atoms with van der Waals surface area (Å²) in [5.74, 6) is 0. The zero-order valence-corrected chi connectivity index (χ0v) is 9.70. The fraction of sp³-hybridized carbons (Fsp3) is 0.500. The third-order valence-corrected chi connectivity index (χ3v) is 3.09. The Labute approximate surface area is 95.8 Å². The summed E-state index contributed by atoms with van der Waals surface area (Å²) in [5, 5.41) is 0.780. The van der Waals surface area contributed by atoms with Crippen LogP contribution >= 0.6 is 11.6 Å². The fourth-order valence-corrected chi connectivity index (χ4v) is 1.99. The number of morpholine rings is 1. The molecule has 1 aromatic rings. The Kier molecular flexibility index (Phi) is 3.62. The number of hydrogen-bond donors (Lipinski definition) is 0. The van der Waals surface area contributed by atoms with Crippen LogP contribution in [0.5, 0.6) is 0 Å². The summed E-state index contributed by atoms with van der Waals surface area (Å²) in [7, 11) is 0. The van der Waals surface area contributed by atoms with Crippen molar-refractivity contribution in [2.75, 3.05) is 26.2 Å². The Morgan fingerprint density at radius 1 is 1.40 bits per heavy atom. The second-order valence-corrected chi connectivity index (χ2v) is 4.24. The highest BCUT2D eigenvalue weighted by Crippen LogP contribution is 2.23. The lowest BCUT2D eigenvalue weighted by atomic mass is 10.1. The molecule has 82 valence electrons. The monoisotopic (exact) mass is 225 g/mol. The fourth-order valence-electron chi connectivity index (χ4n) is 1.87. The molecule has 1 aromatic carbocycles. The molecule has 1 aliphatic rings. The average molecular weight is 226 g/mol. The van der Waals surface area contributed by atoms with Gasteiger partial charge in [0.05, 0.1) is 12.7 Å². The Morgan fingerprint density at radius 3 is 2.80 bits per heavy atom. The maximum Gasteiger partial charge on any atom is 0.0952 e. The van der Waals surface area contributed by atoms with Crippen LogP contribution in [-0.2, 0) is 4.74 Å². The van der Waals surface area contributed by atoms with Crippen molar-refractivity contribution >= 4 is 11.6 Å². The summed E-state index contributed by atoms with van der Waals surface area (Å²) < 4.78 is 5.75. The van der Waals surface area contributed by atoms with Crippen molar-refractivity contribution in [3.8, 4) is 0 Å². The molecule has 0 unspecified atom stereocenters. The molecule has 1 heterocycles. The number of ether oxygens (including phenoxy) is 1. The predicted octanol–water partition coefficient (Wildman–Crippen LogP) is 2.73. The molecule has 0 N–H and O–H groups in total. The van der Waals surface area contributed by atoms with Crippen LogP contribution in [0.1, 0.15) is 18.6 Å². The van der Waals surface area contributed by atoms with Crippen LogP contribution < -0.4 is 0 Å². The molecule has 1 saturated heterocycles. The lowest BCUT2D eigenvalue weighted by molar-refractivity contribution is -0.0281. The number of benzene rings is 1. The first-order chi connectivity index (χ1) is 7.29. The van der Waals surface area contributed by atoms with Gasteiger partial charge in [0, 0.05) is 18.1 Å². The van der Waals surface area contributed by atoms with E-state index in [2.05, 4.69) is 11.8 Å². The molecule has 2 nitrogen and oxygen atoms in total. The van der Waals surface area contributed by atoms with Gasteiger partial charge in [-0.05, 0) is 24.2 Å². The summed E-state index contributed by atoms with van der Waals surface area (Å²) >= 11 is 5.86. The summed E-state index contributed by atoms with van der Waals surface area (Å²) in [6, 6.07) is 7.94. The van der Waals surface area contributed by atoms with Gasteiger partial charge < -0.3 is 4.74 Å². The number of halogens is 1. The van der Waals surface area contributed by atoms with Crippen LogP contribution in [0.3, 0.4) is 0 Å². The maximum absolute atomic E-state index is 5.86. The Hall–Kier alpha value is -0.570. The van der Waals surface area contributed by atoms with Crippen LogP contribution in [0, 0.1) is 0 Å². The first-order valence-corrected chi connectivity index (χ1v) is 5.77. The zero-order valence-electron chi connectivity index (χ0n) is 8.95. The van der Waals surface area contributed by atoms with Gasteiger partial charge in [0.2, 0.25) is 0 Å². The summed E-state index contributed by atoms with van der Waals surface area (Å²) in [4.78, 5) is 2.41. The molecular weight excluding hydrogens is 210 g/mol. The van der Waals surface area contributed by atoms with Crippen molar-refractivity contribution in [3.63, 3.8) is 0 Å². The Morgan fingerprint density at radius 2 is 2.13 bits per heavy atom. The minimum absolute atomic E-state index is 0.205. The van der Waals surface area contributed by atoms with Crippen molar-refractivity contribution in [1.29, 1.82) is 0 Å². The van der Waals surface area contributed by atoms with E-state index in [-0.39, 0.29) is 6.10 Å². The predicted molar refractivity (Wildman–Crippen MR) is 62.3 cm³/mol. The first kappa shape index (κ1) is 10.9.